The number of hydrogen-bond donors (Lipinski definition) is 1. The van der Waals surface area contributed by atoms with E-state index in [1.54, 1.807) is 20.0 Å². The van der Waals surface area contributed by atoms with E-state index in [1.165, 1.54) is 11.3 Å². The topological polar surface area (TPSA) is 63.1 Å². The first-order valence-electron chi connectivity index (χ1n) is 5.58. The van der Waals surface area contributed by atoms with Gasteiger partial charge in [0.05, 0.1) is 21.8 Å². The van der Waals surface area contributed by atoms with Gasteiger partial charge in [0.15, 0.2) is 0 Å². The van der Waals surface area contributed by atoms with Gasteiger partial charge in [0.2, 0.25) is 0 Å². The normalized spacial score (nSPS) is 11.4. The summed E-state index contributed by atoms with van der Waals surface area (Å²) in [6.45, 7) is 3.41. The molecule has 18 heavy (non-hydrogen) atoms. The maximum Gasteiger partial charge on any atom is 0.309 e. The number of aliphatic carboxylic acids is 1. The van der Waals surface area contributed by atoms with Gasteiger partial charge in [-0.05, 0) is 26.0 Å². The van der Waals surface area contributed by atoms with Crippen LogP contribution in [0.15, 0.2) is 29.8 Å². The van der Waals surface area contributed by atoms with E-state index >= 15 is 0 Å². The average molecular weight is 262 g/mol. The van der Waals surface area contributed by atoms with Gasteiger partial charge in [0, 0.05) is 18.0 Å². The van der Waals surface area contributed by atoms with Crippen molar-refractivity contribution < 1.29 is 9.90 Å². The van der Waals surface area contributed by atoms with Crippen molar-refractivity contribution in [3.8, 4) is 11.4 Å². The molecule has 2 heterocycles. The third kappa shape index (κ3) is 2.73. The van der Waals surface area contributed by atoms with Crippen LogP contribution >= 0.6 is 11.3 Å². The molecule has 2 aromatic rings. The lowest BCUT2D eigenvalue weighted by Gasteiger charge is -2.16. The third-order valence-electron chi connectivity index (χ3n) is 2.65. The highest BCUT2D eigenvalue weighted by Gasteiger charge is 2.28. The molecule has 0 aliphatic carbocycles. The average Bonchev–Trinajstić information content (AvgIpc) is 2.78. The van der Waals surface area contributed by atoms with Gasteiger partial charge in [-0.3, -0.25) is 9.78 Å². The zero-order valence-corrected chi connectivity index (χ0v) is 11.1. The minimum atomic E-state index is -0.808. The number of hydrogen-bond acceptors (Lipinski definition) is 4. The van der Waals surface area contributed by atoms with Crippen LogP contribution in [0.4, 0.5) is 0 Å². The Labute approximate surface area is 109 Å². The van der Waals surface area contributed by atoms with Crippen molar-refractivity contribution in [1.82, 2.24) is 9.97 Å². The predicted molar refractivity (Wildman–Crippen MR) is 70.5 cm³/mol. The molecule has 0 aliphatic heterocycles. The van der Waals surface area contributed by atoms with Gasteiger partial charge in [-0.1, -0.05) is 6.07 Å². The van der Waals surface area contributed by atoms with Gasteiger partial charge < -0.3 is 5.11 Å². The Morgan fingerprint density at radius 3 is 2.78 bits per heavy atom. The molecular formula is C13H14N2O2S. The minimum absolute atomic E-state index is 0.430. The highest BCUT2D eigenvalue weighted by molar-refractivity contribution is 7.09. The standard InChI is InChI=1S/C13H14N2O2S/c1-13(2,12(16)17)7-11-15-10(8-18-11)9-5-3-4-6-14-9/h3-6,8H,7H2,1-2H3,(H,16,17). The zero-order chi connectivity index (χ0) is 13.2. The van der Waals surface area contributed by atoms with Crippen molar-refractivity contribution in [2.75, 3.05) is 0 Å². The van der Waals surface area contributed by atoms with E-state index in [4.69, 9.17) is 5.11 Å². The number of aromatic nitrogens is 2. The SMILES string of the molecule is CC(C)(Cc1nc(-c2ccccn2)cs1)C(=O)O. The number of rotatable bonds is 4. The van der Waals surface area contributed by atoms with Crippen molar-refractivity contribution >= 4 is 17.3 Å². The smallest absolute Gasteiger partial charge is 0.309 e. The molecule has 0 aromatic carbocycles. The van der Waals surface area contributed by atoms with Crippen molar-refractivity contribution in [3.05, 3.63) is 34.8 Å². The molecule has 0 spiro atoms. The van der Waals surface area contributed by atoms with E-state index in [0.29, 0.717) is 6.42 Å². The monoisotopic (exact) mass is 262 g/mol. The molecule has 0 bridgehead atoms. The molecule has 2 aromatic heterocycles. The third-order valence-corrected chi connectivity index (χ3v) is 3.50. The Kier molecular flexibility index (Phi) is 3.43. The summed E-state index contributed by atoms with van der Waals surface area (Å²) in [5, 5.41) is 11.8. The van der Waals surface area contributed by atoms with E-state index in [9.17, 15) is 4.79 Å². The molecule has 5 heteroatoms. The summed E-state index contributed by atoms with van der Waals surface area (Å²) in [6.07, 6.45) is 2.15. The second kappa shape index (κ2) is 4.86. The second-order valence-corrected chi connectivity index (χ2v) is 5.65. The lowest BCUT2D eigenvalue weighted by Crippen LogP contribution is -2.26. The Morgan fingerprint density at radius 2 is 2.17 bits per heavy atom. The summed E-state index contributed by atoms with van der Waals surface area (Å²) in [5.41, 5.74) is 0.823. The van der Waals surface area contributed by atoms with Gasteiger partial charge in [0.25, 0.3) is 0 Å². The summed E-state index contributed by atoms with van der Waals surface area (Å²) in [6, 6.07) is 5.65. The van der Waals surface area contributed by atoms with Crippen LogP contribution in [0.5, 0.6) is 0 Å². The van der Waals surface area contributed by atoms with Crippen LogP contribution < -0.4 is 0 Å². The maximum absolute atomic E-state index is 11.1. The van der Waals surface area contributed by atoms with Crippen LogP contribution in [0.2, 0.25) is 0 Å². The Balaban J connectivity index is 2.19. The van der Waals surface area contributed by atoms with Gasteiger partial charge in [-0.25, -0.2) is 4.98 Å². The maximum atomic E-state index is 11.1. The fraction of sp³-hybridized carbons (Fsp3) is 0.308. The number of thiazole rings is 1. The molecule has 1 N–H and O–H groups in total. The lowest BCUT2D eigenvalue weighted by atomic mass is 9.90. The first-order chi connectivity index (χ1) is 8.49. The number of carboxylic acids is 1. The largest absolute Gasteiger partial charge is 0.481 e. The van der Waals surface area contributed by atoms with E-state index in [2.05, 4.69) is 9.97 Å². The van der Waals surface area contributed by atoms with E-state index in [1.807, 2.05) is 23.6 Å². The van der Waals surface area contributed by atoms with Crippen molar-refractivity contribution in [2.45, 2.75) is 20.3 Å². The molecule has 0 saturated heterocycles. The Bertz CT molecular complexity index is 549. The van der Waals surface area contributed by atoms with Crippen molar-refractivity contribution in [2.24, 2.45) is 5.41 Å². The fourth-order valence-electron chi connectivity index (χ4n) is 1.48. The first-order valence-corrected chi connectivity index (χ1v) is 6.46. The molecule has 94 valence electrons. The summed E-state index contributed by atoms with van der Waals surface area (Å²) in [7, 11) is 0. The van der Waals surface area contributed by atoms with Gasteiger partial charge in [0.1, 0.15) is 0 Å². The Morgan fingerprint density at radius 1 is 1.39 bits per heavy atom. The molecule has 0 atom stereocenters. The predicted octanol–water partition coefficient (Wildman–Crippen LogP) is 2.86. The summed E-state index contributed by atoms with van der Waals surface area (Å²) in [4.78, 5) is 19.7. The highest BCUT2D eigenvalue weighted by Crippen LogP contribution is 2.26. The summed E-state index contributed by atoms with van der Waals surface area (Å²) >= 11 is 1.47. The summed E-state index contributed by atoms with van der Waals surface area (Å²) in [5.74, 6) is -0.808. The fourth-order valence-corrected chi connectivity index (χ4v) is 2.49. The zero-order valence-electron chi connectivity index (χ0n) is 10.3. The number of pyridine rings is 1. The molecule has 0 aliphatic rings. The Hall–Kier alpha value is -1.75. The molecule has 0 amide bonds. The number of carboxylic acid groups (broad SMARTS) is 1. The van der Waals surface area contributed by atoms with Gasteiger partial charge >= 0.3 is 5.97 Å². The van der Waals surface area contributed by atoms with Gasteiger partial charge in [-0.15, -0.1) is 11.3 Å². The van der Waals surface area contributed by atoms with Crippen LogP contribution in [-0.4, -0.2) is 21.0 Å². The highest BCUT2D eigenvalue weighted by atomic mass is 32.1. The molecule has 0 fully saturated rings. The molecule has 4 nitrogen and oxygen atoms in total. The molecule has 0 radical (unpaired) electrons. The number of nitrogens with zero attached hydrogens (tertiary/aromatic N) is 2. The van der Waals surface area contributed by atoms with Crippen molar-refractivity contribution in [1.29, 1.82) is 0 Å². The van der Waals surface area contributed by atoms with Crippen molar-refractivity contribution in [3.63, 3.8) is 0 Å². The number of carbonyl (C=O) groups is 1. The van der Waals surface area contributed by atoms with E-state index in [0.717, 1.165) is 16.4 Å². The summed E-state index contributed by atoms with van der Waals surface area (Å²) < 4.78 is 0. The van der Waals surface area contributed by atoms with Crippen LogP contribution in [0.25, 0.3) is 11.4 Å². The molecular weight excluding hydrogens is 248 g/mol. The van der Waals surface area contributed by atoms with Crippen LogP contribution in [0, 0.1) is 5.41 Å². The van der Waals surface area contributed by atoms with Gasteiger partial charge in [-0.2, -0.15) is 0 Å². The molecule has 0 saturated carbocycles. The quantitative estimate of drug-likeness (QED) is 0.920. The van der Waals surface area contributed by atoms with Crippen LogP contribution in [-0.2, 0) is 11.2 Å². The van der Waals surface area contributed by atoms with Crippen LogP contribution in [0.3, 0.4) is 0 Å². The lowest BCUT2D eigenvalue weighted by molar-refractivity contribution is -0.146. The second-order valence-electron chi connectivity index (χ2n) is 4.71. The molecule has 0 unspecified atom stereocenters. The van der Waals surface area contributed by atoms with Crippen LogP contribution in [0.1, 0.15) is 18.9 Å². The first kappa shape index (κ1) is 12.7. The van der Waals surface area contributed by atoms with E-state index in [-0.39, 0.29) is 0 Å². The van der Waals surface area contributed by atoms with E-state index < -0.39 is 11.4 Å². The molecule has 2 rings (SSSR count). The minimum Gasteiger partial charge on any atom is -0.481 e.